The smallest absolute Gasteiger partial charge is 0.174 e. The van der Waals surface area contributed by atoms with E-state index in [0.29, 0.717) is 5.11 Å². The molecule has 1 N–H and O–H groups in total. The minimum atomic E-state index is -0.116. The third-order valence-electron chi connectivity index (χ3n) is 6.79. The van der Waals surface area contributed by atoms with Crippen molar-refractivity contribution < 1.29 is 4.74 Å². The maximum atomic E-state index is 6.41. The van der Waals surface area contributed by atoms with E-state index in [1.54, 1.807) is 0 Å². The maximum absolute atomic E-state index is 6.41. The lowest BCUT2D eigenvalue weighted by atomic mass is 9.96. The molecule has 5 nitrogen and oxygen atoms in total. The van der Waals surface area contributed by atoms with Crippen LogP contribution in [0.3, 0.4) is 0 Å². The summed E-state index contributed by atoms with van der Waals surface area (Å²) in [5, 5.41) is 4.95. The van der Waals surface area contributed by atoms with Crippen molar-refractivity contribution in [2.45, 2.75) is 52.8 Å². The van der Waals surface area contributed by atoms with E-state index in [2.05, 4.69) is 65.9 Å². The molecular weight excluding hydrogens is 500 g/mol. The predicted molar refractivity (Wildman–Crippen MR) is 155 cm³/mol. The van der Waals surface area contributed by atoms with Gasteiger partial charge in [0.15, 0.2) is 5.11 Å². The quantitative estimate of drug-likeness (QED) is 0.263. The molecule has 0 aliphatic carbocycles. The van der Waals surface area contributed by atoms with Crippen molar-refractivity contribution in [3.05, 3.63) is 106 Å². The predicted octanol–water partition coefficient (Wildman–Crippen LogP) is 7.42. The Bertz CT molecular complexity index is 1430. The van der Waals surface area contributed by atoms with Crippen LogP contribution in [0.2, 0.25) is 5.02 Å². The number of nitrogens with one attached hydrogen (secondary N) is 1. The molecule has 4 aromatic rings. The van der Waals surface area contributed by atoms with E-state index < -0.39 is 0 Å². The number of thiocarbonyl (C=S) groups is 1. The summed E-state index contributed by atoms with van der Waals surface area (Å²) in [6.45, 7) is 10.5. The molecule has 0 spiro atoms. The van der Waals surface area contributed by atoms with E-state index in [1.807, 2.05) is 56.4 Å². The first-order chi connectivity index (χ1) is 17.7. The van der Waals surface area contributed by atoms with Gasteiger partial charge in [-0.05, 0) is 113 Å². The van der Waals surface area contributed by atoms with Crippen LogP contribution in [0, 0.1) is 20.8 Å². The number of aromatic nitrogens is 2. The first-order valence-electron chi connectivity index (χ1n) is 12.5. The fraction of sp³-hybridized carbons (Fsp3) is 0.267. The first-order valence-corrected chi connectivity index (χ1v) is 13.3. The van der Waals surface area contributed by atoms with Crippen LogP contribution >= 0.6 is 23.8 Å². The molecule has 1 saturated heterocycles. The molecular formula is C30H31ClN4OS. The summed E-state index contributed by atoms with van der Waals surface area (Å²) in [7, 11) is 0. The van der Waals surface area contributed by atoms with E-state index in [-0.39, 0.29) is 18.2 Å². The lowest BCUT2D eigenvalue weighted by Crippen LogP contribution is -2.29. The number of halogens is 1. The van der Waals surface area contributed by atoms with Gasteiger partial charge in [-0.3, -0.25) is 4.98 Å². The largest absolute Gasteiger partial charge is 0.491 e. The fourth-order valence-electron chi connectivity index (χ4n) is 5.19. The van der Waals surface area contributed by atoms with Gasteiger partial charge in [0.25, 0.3) is 0 Å². The molecule has 37 heavy (non-hydrogen) atoms. The van der Waals surface area contributed by atoms with Crippen LogP contribution in [0.5, 0.6) is 5.75 Å². The molecule has 5 rings (SSSR count). The topological polar surface area (TPSA) is 42.3 Å². The number of pyridine rings is 1. The van der Waals surface area contributed by atoms with Gasteiger partial charge in [0.1, 0.15) is 5.75 Å². The minimum Gasteiger partial charge on any atom is -0.491 e. The van der Waals surface area contributed by atoms with Crippen LogP contribution in [0.25, 0.3) is 5.69 Å². The molecule has 2 aromatic carbocycles. The highest BCUT2D eigenvalue weighted by molar-refractivity contribution is 7.80. The van der Waals surface area contributed by atoms with Crippen LogP contribution in [0.4, 0.5) is 5.69 Å². The molecule has 0 radical (unpaired) electrons. The van der Waals surface area contributed by atoms with Gasteiger partial charge in [0, 0.05) is 34.0 Å². The van der Waals surface area contributed by atoms with Gasteiger partial charge in [-0.1, -0.05) is 23.7 Å². The second-order valence-corrected chi connectivity index (χ2v) is 10.6. The van der Waals surface area contributed by atoms with Gasteiger partial charge in [-0.2, -0.15) is 0 Å². The zero-order valence-electron chi connectivity index (χ0n) is 21.7. The fourth-order valence-corrected chi connectivity index (χ4v) is 5.70. The summed E-state index contributed by atoms with van der Waals surface area (Å²) in [5.74, 6) is 0.837. The number of benzene rings is 2. The first kappa shape index (κ1) is 25.3. The molecule has 1 aliphatic rings. The van der Waals surface area contributed by atoms with E-state index in [9.17, 15) is 0 Å². The highest BCUT2D eigenvalue weighted by atomic mass is 35.5. The van der Waals surface area contributed by atoms with Gasteiger partial charge in [-0.15, -0.1) is 0 Å². The Labute approximate surface area is 229 Å². The second kappa shape index (κ2) is 10.2. The van der Waals surface area contributed by atoms with Crippen LogP contribution < -0.4 is 15.0 Å². The SMILES string of the molecule is Cc1ccc(Cl)cc1-n1c(C)cc([C@H]2[C@H](c3ccccn3)NC(=S)N2c2ccc(OC(C)C)cc2)c1C. The van der Waals surface area contributed by atoms with Crippen molar-refractivity contribution in [3.8, 4) is 11.4 Å². The summed E-state index contributed by atoms with van der Waals surface area (Å²) in [6.07, 6.45) is 1.94. The summed E-state index contributed by atoms with van der Waals surface area (Å²) in [5.41, 5.74) is 7.65. The van der Waals surface area contributed by atoms with E-state index in [1.165, 1.54) is 5.56 Å². The van der Waals surface area contributed by atoms with Gasteiger partial charge in [0.2, 0.25) is 0 Å². The molecule has 0 bridgehead atoms. The molecule has 1 fully saturated rings. The summed E-state index contributed by atoms with van der Waals surface area (Å²) in [4.78, 5) is 6.89. The molecule has 0 unspecified atom stereocenters. The van der Waals surface area contributed by atoms with Crippen LogP contribution in [-0.2, 0) is 0 Å². The van der Waals surface area contributed by atoms with Crippen molar-refractivity contribution >= 4 is 34.6 Å². The normalized spacial score (nSPS) is 17.4. The van der Waals surface area contributed by atoms with Crippen LogP contribution in [-0.4, -0.2) is 20.8 Å². The molecule has 2 atom stereocenters. The number of aryl methyl sites for hydroxylation is 2. The minimum absolute atomic E-state index is 0.0984. The highest BCUT2D eigenvalue weighted by Crippen LogP contribution is 2.44. The second-order valence-electron chi connectivity index (χ2n) is 9.75. The average Bonchev–Trinajstić information content (AvgIpc) is 3.36. The van der Waals surface area contributed by atoms with Crippen molar-refractivity contribution in [1.82, 2.24) is 14.9 Å². The van der Waals surface area contributed by atoms with Gasteiger partial charge in [0.05, 0.1) is 23.9 Å². The number of hydrogen-bond donors (Lipinski definition) is 1. The Kier molecular flexibility index (Phi) is 6.97. The standard InChI is InChI=1S/C30H31ClN4OS/c1-18(2)36-24-13-11-23(12-14-24)35-29(28(33-30(35)37)26-8-6-7-15-32-26)25-16-20(4)34(21(25)5)27-17-22(31)10-9-19(27)3/h6-18,28-29H,1-5H3,(H,33,37)/t28-,29-/m0/s1. The van der Waals surface area contributed by atoms with Crippen molar-refractivity contribution in [1.29, 1.82) is 0 Å². The molecule has 190 valence electrons. The van der Waals surface area contributed by atoms with E-state index >= 15 is 0 Å². The number of rotatable bonds is 6. The van der Waals surface area contributed by atoms with Crippen molar-refractivity contribution in [3.63, 3.8) is 0 Å². The van der Waals surface area contributed by atoms with Crippen LogP contribution in [0.1, 0.15) is 54.1 Å². The zero-order valence-corrected chi connectivity index (χ0v) is 23.3. The summed E-state index contributed by atoms with van der Waals surface area (Å²) >= 11 is 12.3. The lowest BCUT2D eigenvalue weighted by molar-refractivity contribution is 0.242. The van der Waals surface area contributed by atoms with Gasteiger partial charge >= 0.3 is 0 Å². The Morgan fingerprint density at radius 2 is 1.76 bits per heavy atom. The van der Waals surface area contributed by atoms with Crippen molar-refractivity contribution in [2.24, 2.45) is 0 Å². The Hall–Kier alpha value is -3.35. The molecule has 1 aliphatic heterocycles. The lowest BCUT2D eigenvalue weighted by Gasteiger charge is -2.28. The molecule has 7 heteroatoms. The molecule has 0 amide bonds. The van der Waals surface area contributed by atoms with Gasteiger partial charge in [-0.25, -0.2) is 0 Å². The number of nitrogens with zero attached hydrogens (tertiary/aromatic N) is 3. The van der Waals surface area contributed by atoms with Gasteiger partial charge < -0.3 is 19.5 Å². The Morgan fingerprint density at radius 1 is 1.00 bits per heavy atom. The number of hydrogen-bond acceptors (Lipinski definition) is 3. The maximum Gasteiger partial charge on any atom is 0.174 e. The third kappa shape index (κ3) is 4.83. The monoisotopic (exact) mass is 530 g/mol. The molecule has 3 heterocycles. The third-order valence-corrected chi connectivity index (χ3v) is 7.34. The Morgan fingerprint density at radius 3 is 2.43 bits per heavy atom. The highest BCUT2D eigenvalue weighted by Gasteiger charge is 2.42. The summed E-state index contributed by atoms with van der Waals surface area (Å²) in [6, 6.07) is 22.2. The van der Waals surface area contributed by atoms with Crippen LogP contribution in [0.15, 0.2) is 72.9 Å². The average molecular weight is 531 g/mol. The zero-order chi connectivity index (χ0) is 26.3. The van der Waals surface area contributed by atoms with E-state index in [0.717, 1.165) is 44.8 Å². The molecule has 0 saturated carbocycles. The number of ether oxygens (including phenoxy) is 1. The Balaban J connectivity index is 1.64. The molecule has 2 aromatic heterocycles. The summed E-state index contributed by atoms with van der Waals surface area (Å²) < 4.78 is 8.16. The van der Waals surface area contributed by atoms with E-state index in [4.69, 9.17) is 33.5 Å². The number of anilines is 1. The van der Waals surface area contributed by atoms with Crippen molar-refractivity contribution in [2.75, 3.05) is 4.90 Å².